The second-order valence-corrected chi connectivity index (χ2v) is 5.65. The first kappa shape index (κ1) is 16.8. The average Bonchev–Trinajstić information content (AvgIpc) is 3.26. The Morgan fingerprint density at radius 3 is 2.82 bits per heavy atom. The zero-order chi connectivity index (χ0) is 16.3. The van der Waals surface area contributed by atoms with Gasteiger partial charge >= 0.3 is 12.6 Å². The van der Waals surface area contributed by atoms with Gasteiger partial charge in [-0.25, -0.2) is 4.79 Å². The van der Waals surface area contributed by atoms with Gasteiger partial charge in [-0.05, 0) is 30.9 Å². The molecule has 122 valence electrons. The lowest BCUT2D eigenvalue weighted by Crippen LogP contribution is -2.38. The van der Waals surface area contributed by atoms with Crippen LogP contribution >= 0.6 is 11.6 Å². The molecule has 0 radical (unpaired) electrons. The fourth-order valence-corrected chi connectivity index (χ4v) is 2.14. The number of amides is 2. The zero-order valence-corrected chi connectivity index (χ0v) is 12.7. The van der Waals surface area contributed by atoms with Gasteiger partial charge in [0.2, 0.25) is 0 Å². The van der Waals surface area contributed by atoms with E-state index in [2.05, 4.69) is 10.1 Å². The largest absolute Gasteiger partial charge is 0.433 e. The number of aliphatic hydroxyl groups excluding tert-OH is 1. The third-order valence-electron chi connectivity index (χ3n) is 3.37. The summed E-state index contributed by atoms with van der Waals surface area (Å²) in [5.41, 5.74) is 0.276. The van der Waals surface area contributed by atoms with Gasteiger partial charge in [-0.15, -0.1) is 0 Å². The van der Waals surface area contributed by atoms with Crippen LogP contribution in [0.3, 0.4) is 0 Å². The Morgan fingerprint density at radius 1 is 1.55 bits per heavy atom. The number of rotatable bonds is 6. The van der Waals surface area contributed by atoms with Gasteiger partial charge in [0.15, 0.2) is 0 Å². The van der Waals surface area contributed by atoms with Gasteiger partial charge in [0, 0.05) is 25.3 Å². The molecular weight excluding hydrogens is 318 g/mol. The van der Waals surface area contributed by atoms with Crippen molar-refractivity contribution >= 4 is 23.3 Å². The van der Waals surface area contributed by atoms with Crippen LogP contribution in [0.5, 0.6) is 5.75 Å². The molecule has 8 heteroatoms. The maximum atomic E-state index is 12.2. The van der Waals surface area contributed by atoms with E-state index in [1.165, 1.54) is 23.1 Å². The molecule has 1 aliphatic carbocycles. The molecule has 0 spiro atoms. The van der Waals surface area contributed by atoms with Crippen LogP contribution in [-0.4, -0.2) is 42.3 Å². The van der Waals surface area contributed by atoms with Gasteiger partial charge in [-0.2, -0.15) is 8.78 Å². The highest BCUT2D eigenvalue weighted by molar-refractivity contribution is 6.32. The molecule has 1 atom stereocenters. The number of likely N-dealkylation sites (N-methyl/N-ethyl adjacent to an activating group) is 1. The molecule has 2 amide bonds. The summed E-state index contributed by atoms with van der Waals surface area (Å²) in [4.78, 5) is 13.3. The summed E-state index contributed by atoms with van der Waals surface area (Å²) in [6.07, 6.45) is 1.41. The van der Waals surface area contributed by atoms with Crippen molar-refractivity contribution < 1.29 is 23.4 Å². The number of nitrogens with one attached hydrogen (secondary N) is 1. The average molecular weight is 335 g/mol. The van der Waals surface area contributed by atoms with Gasteiger partial charge in [0.05, 0.1) is 11.1 Å². The molecule has 0 aliphatic heterocycles. The standard InChI is InChI=1S/C14H17ClF2N2O3/c1-19(7-11(20)8-2-3-8)14(21)18-9-4-5-10(15)12(6-9)22-13(16)17/h4-6,8,11,13,20H,2-3,7H2,1H3,(H,18,21). The van der Waals surface area contributed by atoms with Crippen LogP contribution in [0.15, 0.2) is 18.2 Å². The molecule has 0 heterocycles. The van der Waals surface area contributed by atoms with E-state index in [9.17, 15) is 18.7 Å². The first-order chi connectivity index (χ1) is 10.4. The van der Waals surface area contributed by atoms with Crippen LogP contribution in [0.1, 0.15) is 12.8 Å². The second-order valence-electron chi connectivity index (χ2n) is 5.24. The number of hydrogen-bond acceptors (Lipinski definition) is 3. The van der Waals surface area contributed by atoms with E-state index in [0.29, 0.717) is 0 Å². The van der Waals surface area contributed by atoms with Crippen molar-refractivity contribution in [2.75, 3.05) is 18.9 Å². The molecule has 1 saturated carbocycles. The summed E-state index contributed by atoms with van der Waals surface area (Å²) in [5.74, 6) is 0.0481. The molecule has 1 aromatic rings. The fourth-order valence-electron chi connectivity index (χ4n) is 1.98. The number of carbonyl (C=O) groups is 1. The Kier molecular flexibility index (Phi) is 5.42. The Balaban J connectivity index is 1.95. The van der Waals surface area contributed by atoms with Crippen molar-refractivity contribution in [2.45, 2.75) is 25.6 Å². The Bertz CT molecular complexity index is 541. The van der Waals surface area contributed by atoms with Crippen LogP contribution in [0.25, 0.3) is 0 Å². The maximum absolute atomic E-state index is 12.2. The molecule has 1 aliphatic rings. The number of ether oxygens (including phenoxy) is 1. The number of hydrogen-bond donors (Lipinski definition) is 2. The number of benzene rings is 1. The van der Waals surface area contributed by atoms with E-state index in [4.69, 9.17) is 11.6 Å². The molecular formula is C14H17ClF2N2O3. The van der Waals surface area contributed by atoms with Gasteiger partial charge in [0.1, 0.15) is 5.75 Å². The molecule has 2 rings (SSSR count). The smallest absolute Gasteiger partial charge is 0.387 e. The van der Waals surface area contributed by atoms with Gasteiger partial charge in [-0.1, -0.05) is 11.6 Å². The van der Waals surface area contributed by atoms with Crippen molar-refractivity contribution in [3.63, 3.8) is 0 Å². The first-order valence-electron chi connectivity index (χ1n) is 6.81. The maximum Gasteiger partial charge on any atom is 0.387 e. The second kappa shape index (κ2) is 7.11. The number of halogens is 3. The highest BCUT2D eigenvalue weighted by Crippen LogP contribution is 2.33. The van der Waals surface area contributed by atoms with Gasteiger partial charge in [-0.3, -0.25) is 0 Å². The lowest BCUT2D eigenvalue weighted by Gasteiger charge is -2.21. The Hall–Kier alpha value is -1.60. The van der Waals surface area contributed by atoms with Crippen molar-refractivity contribution in [1.82, 2.24) is 4.90 Å². The molecule has 1 aromatic carbocycles. The summed E-state index contributed by atoms with van der Waals surface area (Å²) >= 11 is 5.74. The van der Waals surface area contributed by atoms with E-state index in [1.54, 1.807) is 7.05 Å². The van der Waals surface area contributed by atoms with Gasteiger partial charge < -0.3 is 20.1 Å². The van der Waals surface area contributed by atoms with E-state index in [1.807, 2.05) is 0 Å². The minimum Gasteiger partial charge on any atom is -0.433 e. The van der Waals surface area contributed by atoms with Gasteiger partial charge in [0.25, 0.3) is 0 Å². The predicted molar refractivity (Wildman–Crippen MR) is 78.5 cm³/mol. The minimum atomic E-state index is -3.00. The van der Waals surface area contributed by atoms with E-state index in [0.717, 1.165) is 12.8 Å². The van der Waals surface area contributed by atoms with Crippen molar-refractivity contribution in [1.29, 1.82) is 0 Å². The highest BCUT2D eigenvalue weighted by Gasteiger charge is 2.31. The van der Waals surface area contributed by atoms with Crippen molar-refractivity contribution in [3.05, 3.63) is 23.2 Å². The molecule has 2 N–H and O–H groups in total. The minimum absolute atomic E-state index is 0.0239. The van der Waals surface area contributed by atoms with Crippen LogP contribution in [0.2, 0.25) is 5.02 Å². The summed E-state index contributed by atoms with van der Waals surface area (Å²) in [6.45, 7) is -2.79. The zero-order valence-electron chi connectivity index (χ0n) is 11.9. The molecule has 0 saturated heterocycles. The lowest BCUT2D eigenvalue weighted by atomic mass is 10.2. The summed E-state index contributed by atoms with van der Waals surface area (Å²) in [5, 5.41) is 12.4. The monoisotopic (exact) mass is 334 g/mol. The normalized spacial score (nSPS) is 15.5. The molecule has 0 aromatic heterocycles. The summed E-state index contributed by atoms with van der Waals surface area (Å²) in [7, 11) is 1.55. The van der Waals surface area contributed by atoms with Crippen LogP contribution in [-0.2, 0) is 0 Å². The Morgan fingerprint density at radius 2 is 2.23 bits per heavy atom. The third kappa shape index (κ3) is 4.71. The van der Waals surface area contributed by atoms with Crippen molar-refractivity contribution in [2.24, 2.45) is 5.92 Å². The van der Waals surface area contributed by atoms with E-state index >= 15 is 0 Å². The van der Waals surface area contributed by atoms with Crippen molar-refractivity contribution in [3.8, 4) is 5.75 Å². The first-order valence-corrected chi connectivity index (χ1v) is 7.19. The number of nitrogens with zero attached hydrogens (tertiary/aromatic N) is 1. The third-order valence-corrected chi connectivity index (χ3v) is 3.68. The molecule has 5 nitrogen and oxygen atoms in total. The fraction of sp³-hybridized carbons (Fsp3) is 0.500. The number of urea groups is 1. The number of carbonyl (C=O) groups excluding carboxylic acids is 1. The number of anilines is 1. The topological polar surface area (TPSA) is 61.8 Å². The number of alkyl halides is 2. The quantitative estimate of drug-likeness (QED) is 0.840. The predicted octanol–water partition coefficient (Wildman–Crippen LogP) is 3.18. The summed E-state index contributed by atoms with van der Waals surface area (Å²) in [6, 6.07) is 3.60. The van der Waals surface area contributed by atoms with E-state index < -0.39 is 18.7 Å². The molecule has 1 fully saturated rings. The molecule has 0 bridgehead atoms. The van der Waals surface area contributed by atoms with E-state index in [-0.39, 0.29) is 28.9 Å². The lowest BCUT2D eigenvalue weighted by molar-refractivity contribution is -0.0497. The van der Waals surface area contributed by atoms with Crippen LogP contribution < -0.4 is 10.1 Å². The molecule has 1 unspecified atom stereocenters. The van der Waals surface area contributed by atoms with Crippen LogP contribution in [0, 0.1) is 5.92 Å². The highest BCUT2D eigenvalue weighted by atomic mass is 35.5. The SMILES string of the molecule is CN(CC(O)C1CC1)C(=O)Nc1ccc(Cl)c(OC(F)F)c1. The summed E-state index contributed by atoms with van der Waals surface area (Å²) < 4.78 is 28.7. The Labute approximate surface area is 131 Å². The number of aliphatic hydroxyl groups is 1. The molecule has 22 heavy (non-hydrogen) atoms. The van der Waals surface area contributed by atoms with Crippen LogP contribution in [0.4, 0.5) is 19.3 Å².